The molecule has 86 valence electrons. The van der Waals surface area contributed by atoms with Crippen molar-refractivity contribution in [2.45, 2.75) is 32.2 Å². The number of hydrogen-bond donors (Lipinski definition) is 2. The third kappa shape index (κ3) is 2.87. The molecule has 4 nitrogen and oxygen atoms in total. The molecule has 5 heteroatoms. The molecular weight excluding hydrogens is 214 g/mol. The summed E-state index contributed by atoms with van der Waals surface area (Å²) in [6, 6.07) is -0.772. The zero-order chi connectivity index (χ0) is 12.3. The molecule has 0 radical (unpaired) electrons. The monoisotopic (exact) mass is 232 g/mol. The lowest BCUT2D eigenvalue weighted by Gasteiger charge is -2.34. The summed E-state index contributed by atoms with van der Waals surface area (Å²) in [5, 5.41) is 9.02. The van der Waals surface area contributed by atoms with Gasteiger partial charge in [-0.3, -0.25) is 4.79 Å². The van der Waals surface area contributed by atoms with Gasteiger partial charge >= 0.3 is 5.97 Å². The van der Waals surface area contributed by atoms with Gasteiger partial charge in [0.05, 0.1) is 0 Å². The van der Waals surface area contributed by atoms with Crippen molar-refractivity contribution < 1.29 is 16.1 Å². The first-order valence-electron chi connectivity index (χ1n) is 5.55. The van der Waals surface area contributed by atoms with Crippen LogP contribution in [0.4, 0.5) is 0 Å². The maximum atomic E-state index is 12.0. The number of carbonyl (C=O) groups excluding carboxylic acids is 1. The Morgan fingerprint density at radius 1 is 1.67 bits per heavy atom. The van der Waals surface area contributed by atoms with Crippen molar-refractivity contribution in [1.82, 2.24) is 4.90 Å². The second-order valence-electron chi connectivity index (χ2n) is 3.79. The Morgan fingerprint density at radius 2 is 2.33 bits per heavy atom. The van der Waals surface area contributed by atoms with Crippen LogP contribution in [-0.4, -0.2) is 40.2 Å². The van der Waals surface area contributed by atoms with Gasteiger partial charge in [0.1, 0.15) is 6.04 Å². The number of carboxylic acid groups (broad SMARTS) is 1. The predicted octanol–water partition coefficient (Wildman–Crippen LogP) is 1.02. The van der Waals surface area contributed by atoms with E-state index in [2.05, 4.69) is 12.6 Å². The number of amides is 1. The van der Waals surface area contributed by atoms with Crippen molar-refractivity contribution in [1.29, 1.82) is 0 Å². The summed E-state index contributed by atoms with van der Waals surface area (Å²) >= 11 is 3.96. The fraction of sp³-hybridized carbons (Fsp3) is 0.800. The molecule has 0 aromatic heterocycles. The van der Waals surface area contributed by atoms with Crippen LogP contribution in [-0.2, 0) is 9.59 Å². The Morgan fingerprint density at radius 3 is 2.87 bits per heavy atom. The van der Waals surface area contributed by atoms with Gasteiger partial charge in [-0.2, -0.15) is 12.6 Å². The molecule has 0 aliphatic carbocycles. The molecule has 1 aliphatic rings. The highest BCUT2D eigenvalue weighted by Crippen LogP contribution is 2.19. The second kappa shape index (κ2) is 5.39. The minimum absolute atomic E-state index is 0.0919. The topological polar surface area (TPSA) is 57.6 Å². The van der Waals surface area contributed by atoms with Gasteiger partial charge in [-0.05, 0) is 19.3 Å². The molecule has 1 amide bonds. The quantitative estimate of drug-likeness (QED) is 0.714. The number of thiol groups is 1. The van der Waals surface area contributed by atoms with Gasteiger partial charge in [0.2, 0.25) is 5.91 Å². The van der Waals surface area contributed by atoms with E-state index in [9.17, 15) is 9.59 Å². The highest BCUT2D eigenvalue weighted by Gasteiger charge is 2.33. The van der Waals surface area contributed by atoms with Crippen LogP contribution < -0.4 is 0 Å². The van der Waals surface area contributed by atoms with Gasteiger partial charge in [-0.15, -0.1) is 0 Å². The molecule has 0 bridgehead atoms. The van der Waals surface area contributed by atoms with Crippen LogP contribution in [0.15, 0.2) is 0 Å². The van der Waals surface area contributed by atoms with Crippen molar-refractivity contribution in [3.05, 3.63) is 0 Å². The molecule has 1 saturated heterocycles. The van der Waals surface area contributed by atoms with Crippen LogP contribution in [0.3, 0.4) is 0 Å². The van der Waals surface area contributed by atoms with Crippen LogP contribution in [0.2, 0.25) is 0 Å². The number of carbonyl (C=O) groups is 2. The molecule has 0 saturated carbocycles. The Hall–Kier alpha value is -0.710. The molecule has 0 aromatic carbocycles. The van der Waals surface area contributed by atoms with E-state index in [-0.39, 0.29) is 5.75 Å². The van der Waals surface area contributed by atoms with E-state index in [1.54, 1.807) is 0 Å². The maximum Gasteiger partial charge on any atom is 0.326 e. The first-order chi connectivity index (χ1) is 7.40. The van der Waals surface area contributed by atoms with Crippen molar-refractivity contribution in [3.8, 4) is 0 Å². The molecular formula is C10H17NO3S. The number of likely N-dealkylation sites (tertiary alicyclic amines) is 1. The van der Waals surface area contributed by atoms with Gasteiger partial charge in [-0.1, -0.05) is 6.92 Å². The van der Waals surface area contributed by atoms with Crippen LogP contribution in [0.25, 0.3) is 0 Å². The zero-order valence-electron chi connectivity index (χ0n) is 9.77. The number of hydrogen-bond acceptors (Lipinski definition) is 3. The summed E-state index contributed by atoms with van der Waals surface area (Å²) in [5.41, 5.74) is 0. The summed E-state index contributed by atoms with van der Waals surface area (Å²) in [6.45, 7) is 1.90. The third-order valence-corrected chi connectivity index (χ3v) is 3.13. The van der Waals surface area contributed by atoms with E-state index >= 15 is 0 Å². The van der Waals surface area contributed by atoms with Crippen LogP contribution in [0, 0.1) is 5.89 Å². The first kappa shape index (κ1) is 10.8. The zero-order valence-corrected chi connectivity index (χ0v) is 9.67. The lowest BCUT2D eigenvalue weighted by atomic mass is 10.0. The van der Waals surface area contributed by atoms with Crippen LogP contribution in [0.5, 0.6) is 0 Å². The predicted molar refractivity (Wildman–Crippen MR) is 60.0 cm³/mol. The van der Waals surface area contributed by atoms with E-state index in [1.165, 1.54) is 11.8 Å². The first-order valence-corrected chi connectivity index (χ1v) is 5.68. The molecule has 0 aromatic rings. The molecule has 1 aliphatic heterocycles. The molecule has 2 unspecified atom stereocenters. The Balaban J connectivity index is 2.83. The maximum absolute atomic E-state index is 12.0. The summed E-state index contributed by atoms with van der Waals surface area (Å²) in [4.78, 5) is 24.3. The summed E-state index contributed by atoms with van der Waals surface area (Å²) in [6.07, 6.45) is 2.10. The lowest BCUT2D eigenvalue weighted by molar-refractivity contribution is -0.153. The standard InChI is InChI=1S/C10H17NO3S/c1-7(6-15)9(12)11-5-3-2-4-8(11)10(13)14/h7-8,15H,2-6H2,1H3,(H,13,14)/i7D. The second-order valence-corrected chi connectivity index (χ2v) is 4.10. The van der Waals surface area contributed by atoms with E-state index in [4.69, 9.17) is 6.48 Å². The normalized spacial score (nSPS) is 26.7. The Kier molecular flexibility index (Phi) is 3.88. The number of nitrogens with zero attached hydrogens (tertiary/aromatic N) is 1. The minimum Gasteiger partial charge on any atom is -0.480 e. The Bertz CT molecular complexity index is 296. The molecule has 1 heterocycles. The number of piperidine rings is 1. The van der Waals surface area contributed by atoms with E-state index in [0.717, 1.165) is 12.8 Å². The third-order valence-electron chi connectivity index (χ3n) is 2.65. The Labute approximate surface area is 96.5 Å². The van der Waals surface area contributed by atoms with Gasteiger partial charge in [0, 0.05) is 19.6 Å². The van der Waals surface area contributed by atoms with Crippen molar-refractivity contribution in [3.63, 3.8) is 0 Å². The van der Waals surface area contributed by atoms with Crippen molar-refractivity contribution >= 4 is 24.5 Å². The SMILES string of the molecule is [2H]C(C)(CS)C(=O)N1CCCCC1C(=O)O. The molecule has 2 atom stereocenters. The number of rotatable bonds is 3. The van der Waals surface area contributed by atoms with Crippen LogP contribution in [0.1, 0.15) is 27.6 Å². The van der Waals surface area contributed by atoms with E-state index in [1.807, 2.05) is 0 Å². The smallest absolute Gasteiger partial charge is 0.326 e. The fourth-order valence-electron chi connectivity index (χ4n) is 1.74. The van der Waals surface area contributed by atoms with Gasteiger partial charge in [-0.25, -0.2) is 4.79 Å². The average molecular weight is 232 g/mol. The van der Waals surface area contributed by atoms with E-state index < -0.39 is 23.8 Å². The van der Waals surface area contributed by atoms with E-state index in [0.29, 0.717) is 13.0 Å². The molecule has 15 heavy (non-hydrogen) atoms. The summed E-state index contributed by atoms with van der Waals surface area (Å²) in [7, 11) is 0. The minimum atomic E-state index is -1.34. The van der Waals surface area contributed by atoms with Gasteiger partial charge in [0.15, 0.2) is 0 Å². The highest BCUT2D eigenvalue weighted by atomic mass is 32.1. The largest absolute Gasteiger partial charge is 0.480 e. The number of carboxylic acids is 1. The van der Waals surface area contributed by atoms with Gasteiger partial charge < -0.3 is 10.0 Å². The van der Waals surface area contributed by atoms with Crippen molar-refractivity contribution in [2.24, 2.45) is 5.89 Å². The number of aliphatic carboxylic acids is 1. The molecule has 0 spiro atoms. The fourth-order valence-corrected chi connectivity index (χ4v) is 1.88. The summed E-state index contributed by atoms with van der Waals surface area (Å²) in [5.74, 6) is -2.67. The molecule has 1 fully saturated rings. The van der Waals surface area contributed by atoms with Gasteiger partial charge in [0.25, 0.3) is 0 Å². The highest BCUT2D eigenvalue weighted by molar-refractivity contribution is 7.80. The molecule has 1 N–H and O–H groups in total. The lowest BCUT2D eigenvalue weighted by Crippen LogP contribution is -2.50. The molecule has 1 rings (SSSR count). The van der Waals surface area contributed by atoms with Crippen molar-refractivity contribution in [2.75, 3.05) is 12.3 Å². The van der Waals surface area contributed by atoms with Crippen LogP contribution >= 0.6 is 12.6 Å². The summed E-state index contributed by atoms with van der Waals surface area (Å²) < 4.78 is 7.79. The average Bonchev–Trinajstić information content (AvgIpc) is 2.28.